The molecule has 0 radical (unpaired) electrons. The Morgan fingerprint density at radius 3 is 2.79 bits per heavy atom. The van der Waals surface area contributed by atoms with Gasteiger partial charge in [0.1, 0.15) is 23.8 Å². The third-order valence-electron chi connectivity index (χ3n) is 2.90. The van der Waals surface area contributed by atoms with Crippen LogP contribution >= 0.6 is 27.5 Å². The summed E-state index contributed by atoms with van der Waals surface area (Å²) in [5.41, 5.74) is 0. The van der Waals surface area contributed by atoms with Crippen molar-refractivity contribution in [1.29, 1.82) is 0 Å². The molecule has 0 saturated heterocycles. The van der Waals surface area contributed by atoms with E-state index in [4.69, 9.17) is 25.8 Å². The molecule has 1 aromatic rings. The van der Waals surface area contributed by atoms with E-state index in [1.54, 1.807) is 13.2 Å². The fourth-order valence-corrected chi connectivity index (χ4v) is 2.75. The number of ether oxygens (including phenoxy) is 3. The van der Waals surface area contributed by atoms with Crippen molar-refractivity contribution in [2.24, 2.45) is 0 Å². The Bertz CT molecular complexity index is 412. The number of hydrogen-bond donors (Lipinski definition) is 0. The van der Waals surface area contributed by atoms with Gasteiger partial charge in [-0.3, -0.25) is 0 Å². The first kappa shape index (κ1) is 15.0. The molecule has 0 amide bonds. The number of halogens is 3. The minimum absolute atomic E-state index is 0.0705. The van der Waals surface area contributed by atoms with E-state index in [1.165, 1.54) is 12.1 Å². The molecular weight excluding hydrogens is 338 g/mol. The van der Waals surface area contributed by atoms with Crippen molar-refractivity contribution < 1.29 is 18.6 Å². The molecule has 1 saturated carbocycles. The molecule has 0 aromatic heterocycles. The standard InChI is InChI=1S/C13H15BrClFO3/c1-17-2-3-18-13-11(15)7-12(13)19-10-5-8(14)4-9(16)6-10/h4-6,11-13H,2-3,7H2,1H3. The van der Waals surface area contributed by atoms with Gasteiger partial charge in [-0.05, 0) is 12.1 Å². The highest BCUT2D eigenvalue weighted by molar-refractivity contribution is 9.10. The molecule has 3 nitrogen and oxygen atoms in total. The molecule has 1 aliphatic rings. The van der Waals surface area contributed by atoms with Gasteiger partial charge in [-0.25, -0.2) is 4.39 Å². The van der Waals surface area contributed by atoms with Crippen molar-refractivity contribution in [1.82, 2.24) is 0 Å². The molecule has 19 heavy (non-hydrogen) atoms. The lowest BCUT2D eigenvalue weighted by atomic mass is 9.91. The van der Waals surface area contributed by atoms with Gasteiger partial charge in [-0.15, -0.1) is 11.6 Å². The monoisotopic (exact) mass is 352 g/mol. The molecule has 1 aromatic carbocycles. The number of rotatable bonds is 6. The highest BCUT2D eigenvalue weighted by Crippen LogP contribution is 2.33. The van der Waals surface area contributed by atoms with Crippen LogP contribution in [0.25, 0.3) is 0 Å². The number of benzene rings is 1. The van der Waals surface area contributed by atoms with Crippen LogP contribution in [0.5, 0.6) is 5.75 Å². The normalized spacial score (nSPS) is 26.0. The van der Waals surface area contributed by atoms with Crippen LogP contribution in [0.15, 0.2) is 22.7 Å². The Morgan fingerprint density at radius 2 is 2.16 bits per heavy atom. The van der Waals surface area contributed by atoms with Gasteiger partial charge in [0.15, 0.2) is 0 Å². The van der Waals surface area contributed by atoms with Gasteiger partial charge in [-0.2, -0.15) is 0 Å². The molecule has 1 aliphatic carbocycles. The van der Waals surface area contributed by atoms with Crippen LogP contribution in [-0.4, -0.2) is 37.9 Å². The van der Waals surface area contributed by atoms with Gasteiger partial charge >= 0.3 is 0 Å². The third-order valence-corrected chi connectivity index (χ3v) is 3.79. The van der Waals surface area contributed by atoms with Crippen molar-refractivity contribution in [2.75, 3.05) is 20.3 Å². The second kappa shape index (κ2) is 6.88. The molecule has 3 atom stereocenters. The third kappa shape index (κ3) is 4.05. The summed E-state index contributed by atoms with van der Waals surface area (Å²) in [5.74, 6) is 0.128. The molecule has 0 spiro atoms. The maximum atomic E-state index is 13.2. The average molecular weight is 354 g/mol. The van der Waals surface area contributed by atoms with Gasteiger partial charge in [0.05, 0.1) is 18.6 Å². The first-order valence-corrected chi connectivity index (χ1v) is 7.20. The lowest BCUT2D eigenvalue weighted by molar-refractivity contribution is -0.0899. The number of hydrogen-bond acceptors (Lipinski definition) is 3. The number of methoxy groups -OCH3 is 1. The molecule has 1 fully saturated rings. The second-order valence-electron chi connectivity index (χ2n) is 4.34. The Labute approximate surface area is 125 Å². The van der Waals surface area contributed by atoms with Gasteiger partial charge in [0, 0.05) is 24.1 Å². The van der Waals surface area contributed by atoms with Crippen LogP contribution in [0.1, 0.15) is 6.42 Å². The molecule has 0 bridgehead atoms. The van der Waals surface area contributed by atoms with E-state index in [0.29, 0.717) is 29.9 Å². The van der Waals surface area contributed by atoms with Crippen molar-refractivity contribution in [3.63, 3.8) is 0 Å². The molecular formula is C13H15BrClFO3. The van der Waals surface area contributed by atoms with Gasteiger partial charge in [-0.1, -0.05) is 15.9 Å². The SMILES string of the molecule is COCCOC1C(Cl)CC1Oc1cc(F)cc(Br)c1. The smallest absolute Gasteiger partial charge is 0.128 e. The largest absolute Gasteiger partial charge is 0.487 e. The fourth-order valence-electron chi connectivity index (χ4n) is 1.89. The summed E-state index contributed by atoms with van der Waals surface area (Å²) < 4.78 is 30.1. The quantitative estimate of drug-likeness (QED) is 0.580. The Balaban J connectivity index is 1.91. The van der Waals surface area contributed by atoms with Crippen LogP contribution in [0.3, 0.4) is 0 Å². The van der Waals surface area contributed by atoms with E-state index in [0.717, 1.165) is 0 Å². The van der Waals surface area contributed by atoms with E-state index in [-0.39, 0.29) is 23.4 Å². The van der Waals surface area contributed by atoms with Crippen LogP contribution in [0, 0.1) is 5.82 Å². The maximum Gasteiger partial charge on any atom is 0.128 e. The van der Waals surface area contributed by atoms with E-state index >= 15 is 0 Å². The Kier molecular flexibility index (Phi) is 5.45. The molecule has 0 aliphatic heterocycles. The molecule has 2 rings (SSSR count). The zero-order valence-corrected chi connectivity index (χ0v) is 12.8. The zero-order chi connectivity index (χ0) is 13.8. The van der Waals surface area contributed by atoms with Gasteiger partial charge < -0.3 is 14.2 Å². The van der Waals surface area contributed by atoms with E-state index in [2.05, 4.69) is 15.9 Å². The lowest BCUT2D eigenvalue weighted by Crippen LogP contribution is -2.53. The molecule has 0 N–H and O–H groups in total. The van der Waals surface area contributed by atoms with Gasteiger partial charge in [0.25, 0.3) is 0 Å². The summed E-state index contributed by atoms with van der Waals surface area (Å²) in [5, 5.41) is -0.0705. The summed E-state index contributed by atoms with van der Waals surface area (Å²) >= 11 is 9.32. The Morgan fingerprint density at radius 1 is 1.37 bits per heavy atom. The van der Waals surface area contributed by atoms with Crippen LogP contribution in [-0.2, 0) is 9.47 Å². The van der Waals surface area contributed by atoms with Crippen LogP contribution in [0.2, 0.25) is 0 Å². The van der Waals surface area contributed by atoms with Gasteiger partial charge in [0.2, 0.25) is 0 Å². The molecule has 6 heteroatoms. The van der Waals surface area contributed by atoms with Crippen molar-refractivity contribution in [2.45, 2.75) is 24.0 Å². The van der Waals surface area contributed by atoms with Crippen molar-refractivity contribution >= 4 is 27.5 Å². The fraction of sp³-hybridized carbons (Fsp3) is 0.538. The summed E-state index contributed by atoms with van der Waals surface area (Å²) in [6.45, 7) is 0.982. The lowest BCUT2D eigenvalue weighted by Gasteiger charge is -2.40. The summed E-state index contributed by atoms with van der Waals surface area (Å²) in [6, 6.07) is 4.44. The van der Waals surface area contributed by atoms with E-state index < -0.39 is 0 Å². The topological polar surface area (TPSA) is 27.7 Å². The van der Waals surface area contributed by atoms with Crippen LogP contribution in [0.4, 0.5) is 4.39 Å². The summed E-state index contributed by atoms with van der Waals surface area (Å²) in [4.78, 5) is 0. The van der Waals surface area contributed by atoms with Crippen LogP contribution < -0.4 is 4.74 Å². The number of alkyl halides is 1. The predicted octanol–water partition coefficient (Wildman–Crippen LogP) is 3.38. The average Bonchev–Trinajstić information content (AvgIpc) is 2.33. The second-order valence-corrected chi connectivity index (χ2v) is 5.82. The highest BCUT2D eigenvalue weighted by atomic mass is 79.9. The van der Waals surface area contributed by atoms with Crippen molar-refractivity contribution in [3.05, 3.63) is 28.5 Å². The maximum absolute atomic E-state index is 13.2. The zero-order valence-electron chi connectivity index (χ0n) is 10.4. The minimum Gasteiger partial charge on any atom is -0.487 e. The molecule has 3 unspecified atom stereocenters. The minimum atomic E-state index is -0.344. The van der Waals surface area contributed by atoms with Crippen molar-refractivity contribution in [3.8, 4) is 5.75 Å². The predicted molar refractivity (Wildman–Crippen MR) is 74.4 cm³/mol. The molecule has 0 heterocycles. The Hall–Kier alpha value is -0.360. The first-order valence-electron chi connectivity index (χ1n) is 5.97. The van der Waals surface area contributed by atoms with E-state index in [1.807, 2.05) is 0 Å². The summed E-state index contributed by atoms with van der Waals surface area (Å²) in [7, 11) is 1.61. The highest BCUT2D eigenvalue weighted by Gasteiger charge is 2.42. The molecule has 106 valence electrons. The van der Waals surface area contributed by atoms with E-state index in [9.17, 15) is 4.39 Å². The first-order chi connectivity index (χ1) is 9.10. The summed E-state index contributed by atoms with van der Waals surface area (Å²) in [6.07, 6.45) is 0.361.